The fourth-order valence-corrected chi connectivity index (χ4v) is 3.36. The molecule has 3 rings (SSSR count). The van der Waals surface area contributed by atoms with Gasteiger partial charge in [-0.2, -0.15) is 0 Å². The summed E-state index contributed by atoms with van der Waals surface area (Å²) in [5.41, 5.74) is 20.1. The van der Waals surface area contributed by atoms with Crippen LogP contribution in [0.5, 0.6) is 11.5 Å². The largest absolute Gasteiger partial charge is 0.494 e. The number of aliphatic imine (C=N–C) groups is 1. The fourth-order valence-electron chi connectivity index (χ4n) is 3.36. The molecule has 0 amide bonds. The molecule has 0 saturated heterocycles. The first-order chi connectivity index (χ1) is 16.5. The first-order valence-corrected chi connectivity index (χ1v) is 11.3. The van der Waals surface area contributed by atoms with Crippen molar-refractivity contribution in [1.29, 1.82) is 5.41 Å². The van der Waals surface area contributed by atoms with Gasteiger partial charge in [0.25, 0.3) is 0 Å². The quantitative estimate of drug-likeness (QED) is 0.173. The second-order valence-corrected chi connectivity index (χ2v) is 7.86. The number of guanidine groups is 1. The minimum Gasteiger partial charge on any atom is -0.494 e. The first kappa shape index (κ1) is 24.6. The number of unbranched alkanes of at least 4 members (excludes halogenated alkanes) is 1. The Bertz CT molecular complexity index is 1110. The highest BCUT2D eigenvalue weighted by Gasteiger charge is 2.06. The number of aromatic nitrogens is 1. The van der Waals surface area contributed by atoms with Crippen LogP contribution >= 0.6 is 0 Å². The predicted molar refractivity (Wildman–Crippen MR) is 137 cm³/mol. The fraction of sp³-hybridized carbons (Fsp3) is 0.269. The molecule has 0 atom stereocenters. The van der Waals surface area contributed by atoms with E-state index in [2.05, 4.69) is 16.0 Å². The zero-order valence-electron chi connectivity index (χ0n) is 19.2. The normalized spacial score (nSPS) is 10.5. The molecule has 0 aliphatic carbocycles. The van der Waals surface area contributed by atoms with E-state index >= 15 is 0 Å². The molecule has 7 N–H and O–H groups in total. The van der Waals surface area contributed by atoms with Crippen LogP contribution in [0.15, 0.2) is 72.0 Å². The Morgan fingerprint density at radius 3 is 1.91 bits per heavy atom. The van der Waals surface area contributed by atoms with Crippen LogP contribution in [0.3, 0.4) is 0 Å². The van der Waals surface area contributed by atoms with E-state index in [-0.39, 0.29) is 11.8 Å². The summed E-state index contributed by atoms with van der Waals surface area (Å²) in [6.45, 7) is 1.66. The summed E-state index contributed by atoms with van der Waals surface area (Å²) >= 11 is 0. The van der Waals surface area contributed by atoms with Gasteiger partial charge < -0.3 is 26.7 Å². The van der Waals surface area contributed by atoms with Crippen molar-refractivity contribution in [2.45, 2.75) is 25.7 Å². The van der Waals surface area contributed by atoms with E-state index in [9.17, 15) is 0 Å². The Morgan fingerprint density at radius 2 is 1.35 bits per heavy atom. The summed E-state index contributed by atoms with van der Waals surface area (Å²) in [6.07, 6.45) is 6.73. The van der Waals surface area contributed by atoms with E-state index < -0.39 is 0 Å². The lowest BCUT2D eigenvalue weighted by Crippen LogP contribution is -2.23. The summed E-state index contributed by atoms with van der Waals surface area (Å²) in [6, 6.07) is 18.0. The summed E-state index contributed by atoms with van der Waals surface area (Å²) in [7, 11) is 0. The maximum Gasteiger partial charge on any atom is 0.185 e. The van der Waals surface area contributed by atoms with E-state index in [1.807, 2.05) is 60.9 Å². The molecular weight excluding hydrogens is 428 g/mol. The van der Waals surface area contributed by atoms with Gasteiger partial charge in [-0.1, -0.05) is 24.3 Å². The maximum atomic E-state index is 7.28. The molecule has 0 aliphatic heterocycles. The molecule has 3 aromatic rings. The second kappa shape index (κ2) is 12.8. The number of hydrogen-bond donors (Lipinski definition) is 4. The summed E-state index contributed by atoms with van der Waals surface area (Å²) in [4.78, 5) is 8.41. The van der Waals surface area contributed by atoms with Crippen LogP contribution in [0, 0.1) is 5.41 Å². The van der Waals surface area contributed by atoms with Crippen molar-refractivity contribution in [2.75, 3.05) is 19.8 Å². The molecule has 0 saturated carbocycles. The van der Waals surface area contributed by atoms with Gasteiger partial charge in [-0.15, -0.1) is 0 Å². The van der Waals surface area contributed by atoms with Crippen molar-refractivity contribution < 1.29 is 9.47 Å². The van der Waals surface area contributed by atoms with E-state index in [0.29, 0.717) is 26.2 Å². The van der Waals surface area contributed by atoms with Crippen LogP contribution < -0.4 is 26.7 Å². The third-order valence-electron chi connectivity index (χ3n) is 5.05. The van der Waals surface area contributed by atoms with Gasteiger partial charge in [0.2, 0.25) is 0 Å². The zero-order chi connectivity index (χ0) is 24.2. The molecule has 178 valence electrons. The van der Waals surface area contributed by atoms with E-state index in [0.717, 1.165) is 53.0 Å². The van der Waals surface area contributed by atoms with Crippen molar-refractivity contribution >= 4 is 11.8 Å². The molecule has 0 aliphatic rings. The Morgan fingerprint density at radius 1 is 0.765 bits per heavy atom. The molecule has 1 heterocycles. The molecule has 8 nitrogen and oxygen atoms in total. The maximum absolute atomic E-state index is 7.28. The molecule has 0 bridgehead atoms. The van der Waals surface area contributed by atoms with Crippen LogP contribution in [0.4, 0.5) is 0 Å². The van der Waals surface area contributed by atoms with Crippen molar-refractivity contribution in [1.82, 2.24) is 4.98 Å². The Labute approximate surface area is 200 Å². The van der Waals surface area contributed by atoms with E-state index in [1.165, 1.54) is 0 Å². The monoisotopic (exact) mass is 460 g/mol. The number of rotatable bonds is 13. The standard InChI is InChI=1S/C26H32N6O2/c27-25(28)10-1-2-12-33-23-8-3-6-19(15-23)21-14-22(18-31-17-21)20-7-4-9-24(16-20)34-13-5-11-32-26(29)30/h3-4,6-9,14-18H,1-2,5,10-13H2,(H3,27,28)(H4,29,30,32). The minimum absolute atomic E-state index is 0.0937. The summed E-state index contributed by atoms with van der Waals surface area (Å²) in [5.74, 6) is 1.90. The molecule has 0 radical (unpaired) electrons. The number of benzene rings is 2. The lowest BCUT2D eigenvalue weighted by Gasteiger charge is -2.10. The van der Waals surface area contributed by atoms with Crippen molar-refractivity contribution in [3.8, 4) is 33.8 Å². The van der Waals surface area contributed by atoms with Gasteiger partial charge in [-0.25, -0.2) is 0 Å². The Balaban J connectivity index is 1.63. The van der Waals surface area contributed by atoms with E-state index in [4.69, 9.17) is 32.1 Å². The number of amidine groups is 1. The van der Waals surface area contributed by atoms with Gasteiger partial charge in [0.05, 0.1) is 19.0 Å². The number of pyridine rings is 1. The van der Waals surface area contributed by atoms with Gasteiger partial charge in [-0.3, -0.25) is 15.4 Å². The number of nitrogens with one attached hydrogen (secondary N) is 1. The average Bonchev–Trinajstić information content (AvgIpc) is 2.84. The summed E-state index contributed by atoms with van der Waals surface area (Å²) in [5, 5.41) is 7.28. The number of ether oxygens (including phenoxy) is 2. The lowest BCUT2D eigenvalue weighted by molar-refractivity contribution is 0.308. The lowest BCUT2D eigenvalue weighted by atomic mass is 10.0. The predicted octanol–water partition coefficient (Wildman–Crippen LogP) is 3.94. The van der Waals surface area contributed by atoms with Gasteiger partial charge in [0.15, 0.2) is 5.96 Å². The van der Waals surface area contributed by atoms with Crippen LogP contribution in [0.1, 0.15) is 25.7 Å². The van der Waals surface area contributed by atoms with Crippen LogP contribution in [0.2, 0.25) is 0 Å². The summed E-state index contributed by atoms with van der Waals surface area (Å²) < 4.78 is 11.7. The highest BCUT2D eigenvalue weighted by atomic mass is 16.5. The van der Waals surface area contributed by atoms with Gasteiger partial charge in [0.1, 0.15) is 11.5 Å². The third kappa shape index (κ3) is 8.12. The van der Waals surface area contributed by atoms with Crippen molar-refractivity contribution in [2.24, 2.45) is 22.2 Å². The Hall–Kier alpha value is -4.07. The highest BCUT2D eigenvalue weighted by Crippen LogP contribution is 2.29. The molecule has 1 aromatic heterocycles. The second-order valence-electron chi connectivity index (χ2n) is 7.86. The molecule has 0 spiro atoms. The third-order valence-corrected chi connectivity index (χ3v) is 5.05. The molecule has 0 fully saturated rings. The molecule has 8 heteroatoms. The van der Waals surface area contributed by atoms with Gasteiger partial charge in [-0.05, 0) is 54.3 Å². The smallest absolute Gasteiger partial charge is 0.185 e. The van der Waals surface area contributed by atoms with E-state index in [1.54, 1.807) is 0 Å². The zero-order valence-corrected chi connectivity index (χ0v) is 19.2. The topological polar surface area (TPSA) is 146 Å². The molecular formula is C26H32N6O2. The number of hydrogen-bond acceptors (Lipinski definition) is 5. The van der Waals surface area contributed by atoms with Crippen LogP contribution in [0.25, 0.3) is 22.3 Å². The molecule has 34 heavy (non-hydrogen) atoms. The van der Waals surface area contributed by atoms with Crippen LogP contribution in [-0.4, -0.2) is 36.5 Å². The first-order valence-electron chi connectivity index (χ1n) is 11.3. The van der Waals surface area contributed by atoms with Crippen molar-refractivity contribution in [3.05, 3.63) is 67.0 Å². The highest BCUT2D eigenvalue weighted by molar-refractivity contribution is 5.76. The SMILES string of the molecule is N=C(N)CCCCOc1cccc(-c2cncc(-c3cccc(OCCCN=C(N)N)c3)c2)c1. The number of nitrogens with zero attached hydrogens (tertiary/aromatic N) is 2. The van der Waals surface area contributed by atoms with Gasteiger partial charge >= 0.3 is 0 Å². The minimum atomic E-state index is 0.0937. The van der Waals surface area contributed by atoms with Crippen LogP contribution in [-0.2, 0) is 0 Å². The van der Waals surface area contributed by atoms with Crippen molar-refractivity contribution in [3.63, 3.8) is 0 Å². The molecule has 2 aromatic carbocycles. The average molecular weight is 461 g/mol. The molecule has 0 unspecified atom stereocenters. The van der Waals surface area contributed by atoms with Gasteiger partial charge in [0, 0.05) is 42.9 Å². The Kier molecular flexibility index (Phi) is 9.28. The number of nitrogens with two attached hydrogens (primary N) is 3.